The van der Waals surface area contributed by atoms with Gasteiger partial charge in [-0.3, -0.25) is 4.79 Å². The minimum Gasteiger partial charge on any atom is -0.326 e. The predicted octanol–water partition coefficient (Wildman–Crippen LogP) is 3.56. The van der Waals surface area contributed by atoms with Crippen LogP contribution in [0.25, 0.3) is 0 Å². The molecule has 2 fully saturated rings. The maximum atomic E-state index is 12.4. The van der Waals surface area contributed by atoms with Crippen molar-refractivity contribution < 1.29 is 4.79 Å². The zero-order chi connectivity index (χ0) is 14.7. The Bertz CT molecular complexity index is 482. The van der Waals surface area contributed by atoms with Gasteiger partial charge in [0, 0.05) is 18.2 Å². The first-order valence-electron chi connectivity index (χ1n) is 8.36. The van der Waals surface area contributed by atoms with Crippen molar-refractivity contribution in [3.8, 4) is 0 Å². The number of anilines is 1. The van der Waals surface area contributed by atoms with Gasteiger partial charge in [-0.05, 0) is 61.8 Å². The van der Waals surface area contributed by atoms with Gasteiger partial charge < -0.3 is 10.6 Å². The summed E-state index contributed by atoms with van der Waals surface area (Å²) in [5.74, 6) is 1.96. The van der Waals surface area contributed by atoms with Crippen LogP contribution in [0.4, 0.5) is 5.69 Å². The summed E-state index contributed by atoms with van der Waals surface area (Å²) < 4.78 is 0. The SMILES string of the molecule is CCCNCc1ccc(NC(=O)C2CC3CCC2C3)cc1. The monoisotopic (exact) mass is 286 g/mol. The van der Waals surface area contributed by atoms with Gasteiger partial charge in [-0.25, -0.2) is 0 Å². The zero-order valence-electron chi connectivity index (χ0n) is 12.9. The molecule has 2 N–H and O–H groups in total. The molecule has 3 atom stereocenters. The summed E-state index contributed by atoms with van der Waals surface area (Å²) in [5.41, 5.74) is 2.20. The molecule has 0 saturated heterocycles. The number of hydrogen-bond donors (Lipinski definition) is 2. The van der Waals surface area contributed by atoms with Crippen molar-refractivity contribution in [3.05, 3.63) is 29.8 Å². The fraction of sp³-hybridized carbons (Fsp3) is 0.611. The highest BCUT2D eigenvalue weighted by Gasteiger charge is 2.42. The quantitative estimate of drug-likeness (QED) is 0.785. The second-order valence-electron chi connectivity index (χ2n) is 6.64. The van der Waals surface area contributed by atoms with E-state index in [2.05, 4.69) is 29.7 Å². The van der Waals surface area contributed by atoms with Gasteiger partial charge in [-0.2, -0.15) is 0 Å². The van der Waals surface area contributed by atoms with E-state index in [4.69, 9.17) is 0 Å². The third kappa shape index (κ3) is 3.46. The molecule has 2 bridgehead atoms. The van der Waals surface area contributed by atoms with Gasteiger partial charge in [-0.1, -0.05) is 25.5 Å². The van der Waals surface area contributed by atoms with Crippen LogP contribution in [0.2, 0.25) is 0 Å². The minimum atomic E-state index is 0.235. The molecule has 0 spiro atoms. The van der Waals surface area contributed by atoms with Crippen LogP contribution in [0.5, 0.6) is 0 Å². The second kappa shape index (κ2) is 6.61. The molecule has 2 aliphatic carbocycles. The highest BCUT2D eigenvalue weighted by Crippen LogP contribution is 2.48. The fourth-order valence-corrected chi connectivity index (χ4v) is 3.92. The molecule has 3 rings (SSSR count). The fourth-order valence-electron chi connectivity index (χ4n) is 3.92. The second-order valence-corrected chi connectivity index (χ2v) is 6.64. The molecule has 0 aliphatic heterocycles. The van der Waals surface area contributed by atoms with Gasteiger partial charge in [0.25, 0.3) is 0 Å². The summed E-state index contributed by atoms with van der Waals surface area (Å²) in [6.45, 7) is 4.11. The van der Waals surface area contributed by atoms with E-state index >= 15 is 0 Å². The lowest BCUT2D eigenvalue weighted by Crippen LogP contribution is -2.27. The number of benzene rings is 1. The average Bonchev–Trinajstić information content (AvgIpc) is 3.12. The van der Waals surface area contributed by atoms with E-state index in [9.17, 15) is 4.79 Å². The van der Waals surface area contributed by atoms with Crippen molar-refractivity contribution in [3.63, 3.8) is 0 Å². The molecular weight excluding hydrogens is 260 g/mol. The normalized spacial score (nSPS) is 27.0. The number of amides is 1. The maximum Gasteiger partial charge on any atom is 0.227 e. The van der Waals surface area contributed by atoms with Crippen molar-refractivity contribution >= 4 is 11.6 Å². The highest BCUT2D eigenvalue weighted by molar-refractivity contribution is 5.93. The number of nitrogens with one attached hydrogen (secondary N) is 2. The molecule has 2 saturated carbocycles. The molecule has 0 aromatic heterocycles. The molecule has 0 radical (unpaired) electrons. The van der Waals surface area contributed by atoms with Crippen LogP contribution in [0.1, 0.15) is 44.6 Å². The smallest absolute Gasteiger partial charge is 0.227 e. The third-order valence-corrected chi connectivity index (χ3v) is 5.05. The molecule has 21 heavy (non-hydrogen) atoms. The molecule has 1 amide bonds. The highest BCUT2D eigenvalue weighted by atomic mass is 16.1. The minimum absolute atomic E-state index is 0.235. The van der Waals surface area contributed by atoms with E-state index < -0.39 is 0 Å². The topological polar surface area (TPSA) is 41.1 Å². The van der Waals surface area contributed by atoms with Gasteiger partial charge in [0.05, 0.1) is 0 Å². The van der Waals surface area contributed by atoms with Crippen LogP contribution < -0.4 is 10.6 Å². The first-order chi connectivity index (χ1) is 10.3. The Labute approximate surface area is 127 Å². The van der Waals surface area contributed by atoms with Gasteiger partial charge in [-0.15, -0.1) is 0 Å². The first kappa shape index (κ1) is 14.6. The van der Waals surface area contributed by atoms with Crippen molar-refractivity contribution in [2.75, 3.05) is 11.9 Å². The summed E-state index contributed by atoms with van der Waals surface area (Å²) in [4.78, 5) is 12.4. The number of hydrogen-bond acceptors (Lipinski definition) is 2. The largest absolute Gasteiger partial charge is 0.326 e. The Morgan fingerprint density at radius 1 is 1.19 bits per heavy atom. The first-order valence-corrected chi connectivity index (χ1v) is 8.36. The Morgan fingerprint density at radius 3 is 2.62 bits per heavy atom. The molecule has 1 aromatic rings. The van der Waals surface area contributed by atoms with Gasteiger partial charge in [0.15, 0.2) is 0 Å². The van der Waals surface area contributed by atoms with Crippen molar-refractivity contribution in [2.24, 2.45) is 17.8 Å². The van der Waals surface area contributed by atoms with E-state index in [0.717, 1.165) is 37.5 Å². The van der Waals surface area contributed by atoms with Crippen LogP contribution in [0.3, 0.4) is 0 Å². The van der Waals surface area contributed by atoms with E-state index in [-0.39, 0.29) is 11.8 Å². The summed E-state index contributed by atoms with van der Waals surface area (Å²) in [5, 5.41) is 6.49. The van der Waals surface area contributed by atoms with E-state index in [1.54, 1.807) is 0 Å². The molecule has 3 heteroatoms. The van der Waals surface area contributed by atoms with Crippen LogP contribution in [0, 0.1) is 17.8 Å². The third-order valence-electron chi connectivity index (χ3n) is 5.05. The van der Waals surface area contributed by atoms with Crippen LogP contribution >= 0.6 is 0 Å². The lowest BCUT2D eigenvalue weighted by Gasteiger charge is -2.20. The summed E-state index contributed by atoms with van der Waals surface area (Å²) in [7, 11) is 0. The van der Waals surface area contributed by atoms with Crippen LogP contribution in [0.15, 0.2) is 24.3 Å². The summed E-state index contributed by atoms with van der Waals surface area (Å²) in [6, 6.07) is 8.24. The number of rotatable bonds is 6. The Balaban J connectivity index is 1.52. The Hall–Kier alpha value is -1.35. The standard InChI is InChI=1S/C18H26N2O/c1-2-9-19-12-13-4-7-16(8-5-13)20-18(21)17-11-14-3-6-15(17)10-14/h4-5,7-8,14-15,17,19H,2-3,6,9-12H2,1H3,(H,20,21). The predicted molar refractivity (Wildman–Crippen MR) is 86.0 cm³/mol. The molecular formula is C18H26N2O. The molecule has 3 nitrogen and oxygen atoms in total. The molecule has 2 aliphatic rings. The average molecular weight is 286 g/mol. The van der Waals surface area contributed by atoms with Crippen molar-refractivity contribution in [2.45, 2.75) is 45.6 Å². The summed E-state index contributed by atoms with van der Waals surface area (Å²) in [6.07, 6.45) is 6.13. The molecule has 0 heterocycles. The van der Waals surface area contributed by atoms with Gasteiger partial charge in [0.2, 0.25) is 5.91 Å². The number of carbonyl (C=O) groups excluding carboxylic acids is 1. The van der Waals surface area contributed by atoms with E-state index in [1.807, 2.05) is 12.1 Å². The Kier molecular flexibility index (Phi) is 4.59. The Morgan fingerprint density at radius 2 is 2.00 bits per heavy atom. The number of fused-ring (bicyclic) bond motifs is 2. The molecule has 3 unspecified atom stereocenters. The lowest BCUT2D eigenvalue weighted by atomic mass is 9.88. The van der Waals surface area contributed by atoms with Gasteiger partial charge in [0.1, 0.15) is 0 Å². The molecule has 1 aromatic carbocycles. The van der Waals surface area contributed by atoms with Crippen LogP contribution in [-0.4, -0.2) is 12.5 Å². The maximum absolute atomic E-state index is 12.4. The lowest BCUT2D eigenvalue weighted by molar-refractivity contribution is -0.121. The summed E-state index contributed by atoms with van der Waals surface area (Å²) >= 11 is 0. The van der Waals surface area contributed by atoms with Crippen LogP contribution in [-0.2, 0) is 11.3 Å². The molecule has 114 valence electrons. The zero-order valence-corrected chi connectivity index (χ0v) is 12.9. The van der Waals surface area contributed by atoms with Crippen molar-refractivity contribution in [1.29, 1.82) is 0 Å². The van der Waals surface area contributed by atoms with Crippen molar-refractivity contribution in [1.82, 2.24) is 5.32 Å². The van der Waals surface area contributed by atoms with E-state index in [1.165, 1.54) is 24.8 Å². The number of carbonyl (C=O) groups is 1. The van der Waals surface area contributed by atoms with E-state index in [0.29, 0.717) is 5.92 Å². The van der Waals surface area contributed by atoms with Gasteiger partial charge >= 0.3 is 0 Å².